The number of hydrogen-bond acceptors (Lipinski definition) is 5. The van der Waals surface area contributed by atoms with Crippen molar-refractivity contribution in [2.75, 3.05) is 0 Å². The minimum absolute atomic E-state index is 0.117. The summed E-state index contributed by atoms with van der Waals surface area (Å²) < 4.78 is 10.4. The van der Waals surface area contributed by atoms with Gasteiger partial charge in [0, 0.05) is 18.0 Å². The molecule has 0 saturated heterocycles. The SMILES string of the molecule is CC(C)[C@H](NC(=O)OC(C)(C)C)C(=O)OCc1cccnc1. The number of carbonyl (C=O) groups is 2. The topological polar surface area (TPSA) is 77.5 Å². The van der Waals surface area contributed by atoms with E-state index >= 15 is 0 Å². The number of ether oxygens (including phenoxy) is 2. The molecule has 0 aliphatic heterocycles. The molecule has 0 saturated carbocycles. The second kappa shape index (κ2) is 7.77. The summed E-state index contributed by atoms with van der Waals surface area (Å²) in [5.41, 5.74) is 0.168. The quantitative estimate of drug-likeness (QED) is 0.846. The molecule has 1 aromatic rings. The van der Waals surface area contributed by atoms with Crippen molar-refractivity contribution < 1.29 is 19.1 Å². The molecule has 0 aliphatic carbocycles. The van der Waals surface area contributed by atoms with E-state index in [-0.39, 0.29) is 12.5 Å². The number of carbonyl (C=O) groups excluding carboxylic acids is 2. The highest BCUT2D eigenvalue weighted by Gasteiger charge is 2.28. The standard InChI is InChI=1S/C16H24N2O4/c1-11(2)13(18-15(20)22-16(3,4)5)14(19)21-10-12-7-6-8-17-9-12/h6-9,11,13H,10H2,1-5H3,(H,18,20)/t13-/m0/s1. The maximum Gasteiger partial charge on any atom is 0.408 e. The highest BCUT2D eigenvalue weighted by Crippen LogP contribution is 2.10. The van der Waals surface area contributed by atoms with Crippen LogP contribution in [0.3, 0.4) is 0 Å². The van der Waals surface area contributed by atoms with Gasteiger partial charge in [0.2, 0.25) is 0 Å². The summed E-state index contributed by atoms with van der Waals surface area (Å²) in [5, 5.41) is 2.56. The highest BCUT2D eigenvalue weighted by atomic mass is 16.6. The third kappa shape index (κ3) is 6.56. The summed E-state index contributed by atoms with van der Waals surface area (Å²) in [4.78, 5) is 27.9. The third-order valence-corrected chi connectivity index (χ3v) is 2.70. The first-order chi connectivity index (χ1) is 10.2. The summed E-state index contributed by atoms with van der Waals surface area (Å²) in [6, 6.07) is 2.82. The monoisotopic (exact) mass is 308 g/mol. The average molecular weight is 308 g/mol. The second-order valence-corrected chi connectivity index (χ2v) is 6.34. The molecule has 1 rings (SSSR count). The van der Waals surface area contributed by atoms with Gasteiger partial charge in [-0.05, 0) is 32.8 Å². The van der Waals surface area contributed by atoms with Crippen LogP contribution in [0.4, 0.5) is 4.79 Å². The van der Waals surface area contributed by atoms with Crippen molar-refractivity contribution in [2.45, 2.75) is 52.9 Å². The van der Waals surface area contributed by atoms with Crippen LogP contribution in [0, 0.1) is 5.92 Å². The molecule has 1 atom stereocenters. The molecule has 6 heteroatoms. The fraction of sp³-hybridized carbons (Fsp3) is 0.562. The molecule has 0 spiro atoms. The van der Waals surface area contributed by atoms with Crippen molar-refractivity contribution in [3.63, 3.8) is 0 Å². The van der Waals surface area contributed by atoms with Crippen molar-refractivity contribution in [2.24, 2.45) is 5.92 Å². The van der Waals surface area contributed by atoms with Crippen molar-refractivity contribution >= 4 is 12.1 Å². The van der Waals surface area contributed by atoms with Crippen molar-refractivity contribution in [1.29, 1.82) is 0 Å². The molecule has 1 heterocycles. The van der Waals surface area contributed by atoms with Gasteiger partial charge in [0.25, 0.3) is 0 Å². The first-order valence-electron chi connectivity index (χ1n) is 7.24. The molecule has 1 aromatic heterocycles. The van der Waals surface area contributed by atoms with Gasteiger partial charge >= 0.3 is 12.1 Å². The van der Waals surface area contributed by atoms with Crippen LogP contribution in [-0.2, 0) is 20.9 Å². The van der Waals surface area contributed by atoms with Gasteiger partial charge in [0.05, 0.1) is 0 Å². The summed E-state index contributed by atoms with van der Waals surface area (Å²) in [5.74, 6) is -0.612. The third-order valence-electron chi connectivity index (χ3n) is 2.70. The summed E-state index contributed by atoms with van der Waals surface area (Å²) >= 11 is 0. The van der Waals surface area contributed by atoms with E-state index in [1.54, 1.807) is 39.2 Å². The summed E-state index contributed by atoms with van der Waals surface area (Å²) in [6.07, 6.45) is 2.63. The van der Waals surface area contributed by atoms with Crippen LogP contribution in [0.1, 0.15) is 40.2 Å². The number of nitrogens with one attached hydrogen (secondary N) is 1. The van der Waals surface area contributed by atoms with E-state index in [1.165, 1.54) is 0 Å². The Morgan fingerprint density at radius 3 is 2.50 bits per heavy atom. The number of nitrogens with zero attached hydrogens (tertiary/aromatic N) is 1. The number of rotatable bonds is 5. The van der Waals surface area contributed by atoms with E-state index in [0.717, 1.165) is 5.56 Å². The molecular formula is C16H24N2O4. The Kier molecular flexibility index (Phi) is 6.34. The van der Waals surface area contributed by atoms with E-state index in [9.17, 15) is 9.59 Å². The number of alkyl carbamates (subject to hydrolysis) is 1. The lowest BCUT2D eigenvalue weighted by molar-refractivity contribution is -0.148. The maximum absolute atomic E-state index is 12.1. The second-order valence-electron chi connectivity index (χ2n) is 6.34. The largest absolute Gasteiger partial charge is 0.459 e. The Morgan fingerprint density at radius 1 is 1.32 bits per heavy atom. The van der Waals surface area contributed by atoms with E-state index in [0.29, 0.717) is 0 Å². The van der Waals surface area contributed by atoms with Crippen molar-refractivity contribution in [3.05, 3.63) is 30.1 Å². The van der Waals surface area contributed by atoms with Gasteiger partial charge in [-0.1, -0.05) is 19.9 Å². The number of amides is 1. The van der Waals surface area contributed by atoms with Crippen LogP contribution in [0.5, 0.6) is 0 Å². The lowest BCUT2D eigenvalue weighted by Gasteiger charge is -2.24. The first kappa shape index (κ1) is 17.9. The predicted octanol–water partition coefficient (Wildman–Crippen LogP) is 2.67. The Morgan fingerprint density at radius 2 is 2.00 bits per heavy atom. The van der Waals surface area contributed by atoms with Gasteiger partial charge in [-0.2, -0.15) is 0 Å². The summed E-state index contributed by atoms with van der Waals surface area (Å²) in [6.45, 7) is 9.06. The Balaban J connectivity index is 2.58. The van der Waals surface area contributed by atoms with Crippen molar-refractivity contribution in [1.82, 2.24) is 10.3 Å². The Hall–Kier alpha value is -2.11. The number of pyridine rings is 1. The Labute approximate surface area is 131 Å². The van der Waals surface area contributed by atoms with E-state index in [1.807, 2.05) is 19.9 Å². The molecule has 22 heavy (non-hydrogen) atoms. The lowest BCUT2D eigenvalue weighted by Crippen LogP contribution is -2.47. The molecule has 0 fully saturated rings. The molecule has 0 bridgehead atoms. The maximum atomic E-state index is 12.1. The molecule has 6 nitrogen and oxygen atoms in total. The van der Waals surface area contributed by atoms with Gasteiger partial charge in [0.1, 0.15) is 18.2 Å². The van der Waals surface area contributed by atoms with Gasteiger partial charge in [-0.25, -0.2) is 9.59 Å². The van der Waals surface area contributed by atoms with Gasteiger partial charge in [-0.15, -0.1) is 0 Å². The zero-order chi connectivity index (χ0) is 16.8. The molecule has 0 aliphatic rings. The van der Waals surface area contributed by atoms with E-state index in [4.69, 9.17) is 9.47 Å². The normalized spacial score (nSPS) is 12.6. The predicted molar refractivity (Wildman–Crippen MR) is 82.0 cm³/mol. The number of hydrogen-bond donors (Lipinski definition) is 1. The van der Waals surface area contributed by atoms with E-state index in [2.05, 4.69) is 10.3 Å². The summed E-state index contributed by atoms with van der Waals surface area (Å²) in [7, 11) is 0. The Bertz CT molecular complexity index is 495. The molecular weight excluding hydrogens is 284 g/mol. The smallest absolute Gasteiger partial charge is 0.408 e. The van der Waals surface area contributed by atoms with Crippen LogP contribution < -0.4 is 5.32 Å². The first-order valence-corrected chi connectivity index (χ1v) is 7.24. The van der Waals surface area contributed by atoms with Gasteiger partial charge in [-0.3, -0.25) is 4.98 Å². The zero-order valence-corrected chi connectivity index (χ0v) is 13.8. The number of esters is 1. The van der Waals surface area contributed by atoms with E-state index < -0.39 is 23.7 Å². The average Bonchev–Trinajstić information content (AvgIpc) is 2.41. The molecule has 0 unspecified atom stereocenters. The molecule has 0 aromatic carbocycles. The zero-order valence-electron chi connectivity index (χ0n) is 13.8. The van der Waals surface area contributed by atoms with Crippen LogP contribution >= 0.6 is 0 Å². The fourth-order valence-electron chi connectivity index (χ4n) is 1.66. The minimum Gasteiger partial charge on any atom is -0.459 e. The number of aromatic nitrogens is 1. The minimum atomic E-state index is -0.758. The van der Waals surface area contributed by atoms with Gasteiger partial charge in [0.15, 0.2) is 0 Å². The lowest BCUT2D eigenvalue weighted by atomic mass is 10.1. The van der Waals surface area contributed by atoms with Crippen LogP contribution in [-0.4, -0.2) is 28.7 Å². The molecule has 1 amide bonds. The van der Waals surface area contributed by atoms with Crippen LogP contribution in [0.25, 0.3) is 0 Å². The van der Waals surface area contributed by atoms with Crippen LogP contribution in [0.15, 0.2) is 24.5 Å². The van der Waals surface area contributed by atoms with Crippen molar-refractivity contribution in [3.8, 4) is 0 Å². The molecule has 0 radical (unpaired) electrons. The fourth-order valence-corrected chi connectivity index (χ4v) is 1.66. The van der Waals surface area contributed by atoms with Gasteiger partial charge < -0.3 is 14.8 Å². The molecule has 1 N–H and O–H groups in total. The molecule has 122 valence electrons. The highest BCUT2D eigenvalue weighted by molar-refractivity contribution is 5.81. The van der Waals surface area contributed by atoms with Crippen LogP contribution in [0.2, 0.25) is 0 Å².